The third-order valence-electron chi connectivity index (χ3n) is 3.40. The zero-order valence-corrected chi connectivity index (χ0v) is 13.4. The monoisotopic (exact) mass is 283 g/mol. The van der Waals surface area contributed by atoms with Gasteiger partial charge in [0.25, 0.3) is 0 Å². The van der Waals surface area contributed by atoms with Crippen molar-refractivity contribution in [1.29, 1.82) is 0 Å². The third-order valence-corrected chi connectivity index (χ3v) is 3.40. The molecular weight excluding hydrogens is 258 g/mol. The van der Waals surface area contributed by atoms with Crippen LogP contribution in [0.4, 0.5) is 0 Å². The molecule has 0 atom stereocenters. The highest BCUT2D eigenvalue weighted by Gasteiger charge is 2.10. The maximum atomic E-state index is 5.97. The zero-order chi connectivity index (χ0) is 15.3. The Morgan fingerprint density at radius 1 is 0.905 bits per heavy atom. The van der Waals surface area contributed by atoms with Crippen LogP contribution in [0.15, 0.2) is 48.5 Å². The van der Waals surface area contributed by atoms with E-state index in [1.165, 1.54) is 16.7 Å². The second-order valence-corrected chi connectivity index (χ2v) is 6.43. The molecule has 2 aromatic carbocycles. The zero-order valence-electron chi connectivity index (χ0n) is 13.4. The molecule has 0 spiro atoms. The number of benzene rings is 2. The Morgan fingerprint density at radius 3 is 2.19 bits per heavy atom. The second kappa shape index (κ2) is 6.77. The molecule has 0 saturated heterocycles. The second-order valence-electron chi connectivity index (χ2n) is 6.43. The van der Waals surface area contributed by atoms with Crippen LogP contribution in [0.1, 0.15) is 37.5 Å². The summed E-state index contributed by atoms with van der Waals surface area (Å²) in [4.78, 5) is 0. The molecule has 0 amide bonds. The lowest BCUT2D eigenvalue weighted by atomic mass is 10.1. The van der Waals surface area contributed by atoms with E-state index in [-0.39, 0.29) is 5.54 Å². The van der Waals surface area contributed by atoms with E-state index >= 15 is 0 Å². The molecule has 0 radical (unpaired) electrons. The molecule has 21 heavy (non-hydrogen) atoms. The molecule has 0 fully saturated rings. The Hall–Kier alpha value is -1.80. The van der Waals surface area contributed by atoms with Crippen LogP contribution in [0.3, 0.4) is 0 Å². The maximum Gasteiger partial charge on any atom is 0.122 e. The number of aryl methyl sites for hydroxylation is 1. The van der Waals surface area contributed by atoms with E-state index in [2.05, 4.69) is 63.3 Å². The van der Waals surface area contributed by atoms with Gasteiger partial charge in [0.2, 0.25) is 0 Å². The molecule has 0 saturated carbocycles. The van der Waals surface area contributed by atoms with Gasteiger partial charge in [0.1, 0.15) is 12.4 Å². The summed E-state index contributed by atoms with van der Waals surface area (Å²) in [5.74, 6) is 0.955. The van der Waals surface area contributed by atoms with Crippen LogP contribution in [-0.4, -0.2) is 5.54 Å². The molecule has 2 aromatic rings. The van der Waals surface area contributed by atoms with E-state index in [9.17, 15) is 0 Å². The number of ether oxygens (including phenoxy) is 1. The average molecular weight is 283 g/mol. The third kappa shape index (κ3) is 4.91. The van der Waals surface area contributed by atoms with Crippen molar-refractivity contribution in [3.63, 3.8) is 0 Å². The maximum absolute atomic E-state index is 5.97. The lowest BCUT2D eigenvalue weighted by Gasteiger charge is -2.22. The van der Waals surface area contributed by atoms with Crippen LogP contribution in [-0.2, 0) is 13.2 Å². The molecule has 0 aromatic heterocycles. The van der Waals surface area contributed by atoms with Crippen molar-refractivity contribution >= 4 is 0 Å². The summed E-state index contributed by atoms with van der Waals surface area (Å²) in [6, 6.07) is 16.6. The van der Waals surface area contributed by atoms with Gasteiger partial charge in [-0.1, -0.05) is 42.5 Å². The minimum Gasteiger partial charge on any atom is -0.489 e. The molecule has 0 heterocycles. The van der Waals surface area contributed by atoms with Gasteiger partial charge in [-0.25, -0.2) is 0 Å². The number of rotatable bonds is 5. The van der Waals surface area contributed by atoms with Crippen molar-refractivity contribution in [2.24, 2.45) is 0 Å². The van der Waals surface area contributed by atoms with Gasteiger partial charge < -0.3 is 10.1 Å². The van der Waals surface area contributed by atoms with Crippen molar-refractivity contribution in [3.05, 3.63) is 65.2 Å². The van der Waals surface area contributed by atoms with E-state index in [0.717, 1.165) is 12.3 Å². The van der Waals surface area contributed by atoms with Gasteiger partial charge in [0.05, 0.1) is 0 Å². The van der Waals surface area contributed by atoms with Crippen molar-refractivity contribution in [3.8, 4) is 5.75 Å². The van der Waals surface area contributed by atoms with Gasteiger partial charge >= 0.3 is 0 Å². The molecule has 0 aliphatic carbocycles. The summed E-state index contributed by atoms with van der Waals surface area (Å²) in [7, 11) is 0. The summed E-state index contributed by atoms with van der Waals surface area (Å²) in [6.07, 6.45) is 0. The Balaban J connectivity index is 2.05. The van der Waals surface area contributed by atoms with Gasteiger partial charge in [-0.3, -0.25) is 0 Å². The molecule has 0 aliphatic rings. The summed E-state index contributed by atoms with van der Waals surface area (Å²) in [6.45, 7) is 10.1. The van der Waals surface area contributed by atoms with Crippen molar-refractivity contribution in [2.45, 2.75) is 46.4 Å². The summed E-state index contributed by atoms with van der Waals surface area (Å²) in [5, 5.41) is 3.53. The van der Waals surface area contributed by atoms with Crippen LogP contribution in [0, 0.1) is 6.92 Å². The van der Waals surface area contributed by atoms with Crippen molar-refractivity contribution in [1.82, 2.24) is 5.32 Å². The number of hydrogen-bond acceptors (Lipinski definition) is 2. The van der Waals surface area contributed by atoms with Gasteiger partial charge in [0.15, 0.2) is 0 Å². The van der Waals surface area contributed by atoms with E-state index in [1.54, 1.807) is 0 Å². The first-order valence-corrected chi connectivity index (χ1v) is 7.46. The molecule has 0 aliphatic heterocycles. The molecule has 2 nitrogen and oxygen atoms in total. The fourth-order valence-electron chi connectivity index (χ4n) is 2.11. The highest BCUT2D eigenvalue weighted by molar-refractivity contribution is 5.33. The van der Waals surface area contributed by atoms with Crippen molar-refractivity contribution < 1.29 is 4.74 Å². The SMILES string of the molecule is Cc1ccccc1OCc1ccccc1CNC(C)(C)C. The van der Waals surface area contributed by atoms with Crippen LogP contribution in [0.2, 0.25) is 0 Å². The average Bonchev–Trinajstić information content (AvgIpc) is 2.44. The molecule has 112 valence electrons. The first-order chi connectivity index (χ1) is 9.96. The fourth-order valence-corrected chi connectivity index (χ4v) is 2.11. The predicted molar refractivity (Wildman–Crippen MR) is 88.5 cm³/mol. The molecule has 2 rings (SSSR count). The summed E-state index contributed by atoms with van der Waals surface area (Å²) < 4.78 is 5.97. The van der Waals surface area contributed by atoms with Crippen LogP contribution >= 0.6 is 0 Å². The van der Waals surface area contributed by atoms with E-state index in [0.29, 0.717) is 6.61 Å². The van der Waals surface area contributed by atoms with E-state index < -0.39 is 0 Å². The summed E-state index contributed by atoms with van der Waals surface area (Å²) in [5.41, 5.74) is 3.81. The Morgan fingerprint density at radius 2 is 1.52 bits per heavy atom. The van der Waals surface area contributed by atoms with Gasteiger partial charge in [-0.05, 0) is 50.5 Å². The Kier molecular flexibility index (Phi) is 5.03. The topological polar surface area (TPSA) is 21.3 Å². The number of nitrogens with one attached hydrogen (secondary N) is 1. The molecule has 0 unspecified atom stereocenters. The molecular formula is C19H25NO. The van der Waals surface area contributed by atoms with E-state index in [1.807, 2.05) is 18.2 Å². The largest absolute Gasteiger partial charge is 0.489 e. The smallest absolute Gasteiger partial charge is 0.122 e. The lowest BCUT2D eigenvalue weighted by molar-refractivity contribution is 0.301. The predicted octanol–water partition coefficient (Wildman–Crippen LogP) is 4.46. The van der Waals surface area contributed by atoms with Gasteiger partial charge in [-0.15, -0.1) is 0 Å². The Bertz CT molecular complexity index is 584. The molecule has 2 heteroatoms. The van der Waals surface area contributed by atoms with Gasteiger partial charge in [0, 0.05) is 12.1 Å². The highest BCUT2D eigenvalue weighted by atomic mass is 16.5. The number of para-hydroxylation sites is 1. The highest BCUT2D eigenvalue weighted by Crippen LogP contribution is 2.19. The lowest BCUT2D eigenvalue weighted by Crippen LogP contribution is -2.35. The minimum absolute atomic E-state index is 0.115. The summed E-state index contributed by atoms with van der Waals surface area (Å²) >= 11 is 0. The quantitative estimate of drug-likeness (QED) is 0.874. The Labute approximate surface area is 128 Å². The first-order valence-electron chi connectivity index (χ1n) is 7.46. The van der Waals surface area contributed by atoms with Crippen LogP contribution in [0.25, 0.3) is 0 Å². The first kappa shape index (κ1) is 15.6. The normalized spacial score (nSPS) is 11.4. The van der Waals surface area contributed by atoms with Gasteiger partial charge in [-0.2, -0.15) is 0 Å². The van der Waals surface area contributed by atoms with Crippen molar-refractivity contribution in [2.75, 3.05) is 0 Å². The molecule has 1 N–H and O–H groups in total. The van der Waals surface area contributed by atoms with Crippen LogP contribution in [0.5, 0.6) is 5.75 Å². The standard InChI is InChI=1S/C19H25NO/c1-15-9-5-8-12-18(15)21-14-17-11-7-6-10-16(17)13-20-19(2,3)4/h5-12,20H,13-14H2,1-4H3. The fraction of sp³-hybridized carbons (Fsp3) is 0.368. The number of hydrogen-bond donors (Lipinski definition) is 1. The molecule has 0 bridgehead atoms. The van der Waals surface area contributed by atoms with E-state index in [4.69, 9.17) is 4.74 Å². The minimum atomic E-state index is 0.115. The van der Waals surface area contributed by atoms with Crippen LogP contribution < -0.4 is 10.1 Å².